The molecule has 0 unspecified atom stereocenters. The van der Waals surface area contributed by atoms with Crippen LogP contribution in [0.4, 0.5) is 15.2 Å². The maximum Gasteiger partial charge on any atom is 0.407 e. The summed E-state index contributed by atoms with van der Waals surface area (Å²) in [4.78, 5) is 15.9. The third-order valence-electron chi connectivity index (χ3n) is 3.89. The highest BCUT2D eigenvalue weighted by molar-refractivity contribution is 5.76. The number of carbonyl (C=O) groups excluding carboxylic acids is 1. The number of alkyl carbamates (subject to hydrolysis) is 1. The molecule has 2 rings (SSSR count). The molecule has 0 aliphatic carbocycles. The van der Waals surface area contributed by atoms with E-state index >= 15 is 0 Å². The summed E-state index contributed by atoms with van der Waals surface area (Å²) < 4.78 is 29.5. The van der Waals surface area contributed by atoms with Gasteiger partial charge in [0.05, 0.1) is 12.9 Å². The third kappa shape index (κ3) is 8.28. The number of rotatable bonds is 11. The summed E-state index contributed by atoms with van der Waals surface area (Å²) in [5.41, 5.74) is 1.14. The number of halogens is 1. The van der Waals surface area contributed by atoms with Crippen LogP contribution in [0.1, 0.15) is 40.0 Å². The van der Waals surface area contributed by atoms with Crippen LogP contribution in [-0.4, -0.2) is 48.1 Å². The lowest BCUT2D eigenvalue weighted by atomic mass is 10.1. The van der Waals surface area contributed by atoms with E-state index in [4.69, 9.17) is 19.0 Å². The van der Waals surface area contributed by atoms with Crippen molar-refractivity contribution in [1.82, 2.24) is 10.3 Å². The molecule has 0 atom stereocenters. The first-order valence-corrected chi connectivity index (χ1v) is 9.94. The molecule has 0 spiro atoms. The number of benzene rings is 1. The first-order valence-electron chi connectivity index (χ1n) is 9.94. The van der Waals surface area contributed by atoms with Crippen LogP contribution in [0.25, 0.3) is 11.1 Å². The van der Waals surface area contributed by atoms with E-state index in [1.165, 1.54) is 0 Å². The molecule has 1 amide bonds. The number of nitrogens with zero attached hydrogens (tertiary/aromatic N) is 1. The van der Waals surface area contributed by atoms with Gasteiger partial charge in [0.15, 0.2) is 5.58 Å². The van der Waals surface area contributed by atoms with Crippen molar-refractivity contribution >= 4 is 23.2 Å². The lowest BCUT2D eigenvalue weighted by Gasteiger charge is -2.20. The van der Waals surface area contributed by atoms with Crippen LogP contribution in [0.5, 0.6) is 5.75 Å². The van der Waals surface area contributed by atoms with Crippen LogP contribution >= 0.6 is 0 Å². The van der Waals surface area contributed by atoms with Gasteiger partial charge in [-0.2, -0.15) is 4.98 Å². The van der Waals surface area contributed by atoms with Crippen LogP contribution < -0.4 is 15.4 Å². The zero-order chi connectivity index (χ0) is 22.0. The minimum atomic E-state index is -0.599. The maximum absolute atomic E-state index is 13.1. The summed E-state index contributed by atoms with van der Waals surface area (Å²) in [6.07, 6.45) is 1.55. The van der Waals surface area contributed by atoms with Crippen molar-refractivity contribution < 1.29 is 28.2 Å². The first kappa shape index (κ1) is 23.5. The monoisotopic (exact) mass is 423 g/mol. The molecule has 9 heteroatoms. The highest BCUT2D eigenvalue weighted by Crippen LogP contribution is 2.24. The molecule has 166 valence electrons. The van der Waals surface area contributed by atoms with Crippen molar-refractivity contribution in [3.63, 3.8) is 0 Å². The van der Waals surface area contributed by atoms with Crippen LogP contribution in [0.3, 0.4) is 0 Å². The molecule has 0 saturated carbocycles. The quantitative estimate of drug-likeness (QED) is 0.466. The summed E-state index contributed by atoms with van der Waals surface area (Å²) in [7, 11) is 0. The van der Waals surface area contributed by atoms with Crippen LogP contribution in [0.15, 0.2) is 34.5 Å². The number of aliphatic hydroxyl groups excluding tert-OH is 1. The zero-order valence-corrected chi connectivity index (χ0v) is 17.7. The molecule has 2 aromatic rings. The van der Waals surface area contributed by atoms with Gasteiger partial charge in [0, 0.05) is 25.8 Å². The summed E-state index contributed by atoms with van der Waals surface area (Å²) in [6.45, 7) is 6.43. The van der Waals surface area contributed by atoms with E-state index in [9.17, 15) is 9.18 Å². The molecule has 0 saturated heterocycles. The Morgan fingerprint density at radius 1 is 1.33 bits per heavy atom. The molecule has 1 aromatic heterocycles. The van der Waals surface area contributed by atoms with E-state index in [1.807, 2.05) is 0 Å². The third-order valence-corrected chi connectivity index (χ3v) is 3.89. The van der Waals surface area contributed by atoms with E-state index < -0.39 is 11.7 Å². The normalized spacial score (nSPS) is 12.1. The van der Waals surface area contributed by atoms with Crippen molar-refractivity contribution in [2.45, 2.75) is 45.6 Å². The van der Waals surface area contributed by atoms with Crippen LogP contribution in [-0.2, 0) is 4.74 Å². The number of amides is 1. The molecule has 8 nitrogen and oxygen atoms in total. The number of hydrogen-bond acceptors (Lipinski definition) is 7. The van der Waals surface area contributed by atoms with E-state index in [-0.39, 0.29) is 13.2 Å². The topological polar surface area (TPSA) is 106 Å². The van der Waals surface area contributed by atoms with E-state index in [2.05, 4.69) is 15.6 Å². The van der Waals surface area contributed by atoms with Crippen molar-refractivity contribution in [1.29, 1.82) is 0 Å². The fourth-order valence-electron chi connectivity index (χ4n) is 2.52. The Kier molecular flexibility index (Phi) is 8.91. The van der Waals surface area contributed by atoms with Gasteiger partial charge in [0.1, 0.15) is 16.9 Å². The van der Waals surface area contributed by atoms with Crippen LogP contribution in [0.2, 0.25) is 0 Å². The largest absolute Gasteiger partial charge is 0.493 e. The van der Waals surface area contributed by atoms with Gasteiger partial charge in [-0.1, -0.05) is 0 Å². The first-order chi connectivity index (χ1) is 14.3. The summed E-state index contributed by atoms with van der Waals surface area (Å²) in [5.74, 6) is 0.623. The molecule has 0 bridgehead atoms. The number of nitrogens with one attached hydrogen (secondary N) is 2. The second-order valence-electron chi connectivity index (χ2n) is 7.73. The molecular weight excluding hydrogens is 393 g/mol. The number of aromatic nitrogens is 1. The van der Waals surface area contributed by atoms with Gasteiger partial charge in [-0.3, -0.25) is 0 Å². The van der Waals surface area contributed by atoms with Gasteiger partial charge in [-0.25, -0.2) is 9.18 Å². The van der Waals surface area contributed by atoms with Crippen molar-refractivity contribution in [3.8, 4) is 5.75 Å². The van der Waals surface area contributed by atoms with Crippen LogP contribution in [0, 0.1) is 0 Å². The fraction of sp³-hybridized carbons (Fsp3) is 0.524. The van der Waals surface area contributed by atoms with Gasteiger partial charge >= 0.3 is 6.09 Å². The number of aliphatic hydroxyl groups is 1. The van der Waals surface area contributed by atoms with Gasteiger partial charge in [0.25, 0.3) is 6.01 Å². The molecule has 1 heterocycles. The summed E-state index contributed by atoms with van der Waals surface area (Å²) >= 11 is 0. The van der Waals surface area contributed by atoms with Gasteiger partial charge in [-0.15, -0.1) is 0 Å². The number of fused-ring (bicyclic) bond motifs is 1. The molecule has 1 aromatic carbocycles. The Morgan fingerprint density at radius 2 is 2.13 bits per heavy atom. The van der Waals surface area contributed by atoms with E-state index in [1.54, 1.807) is 39.0 Å². The van der Waals surface area contributed by atoms with Gasteiger partial charge < -0.3 is 29.6 Å². The Hall–Kier alpha value is -2.81. The lowest BCUT2D eigenvalue weighted by Crippen LogP contribution is -2.33. The number of carbonyl (C=O) groups is 1. The molecule has 3 N–H and O–H groups in total. The standard InChI is InChI=1S/C21H30FN3O5/c1-21(2,3)30-20(27)24-14-15(13-22)6-4-11-28-16-7-8-17-18(12-16)29-19(25-17)23-9-5-10-26/h7-8,12-13,26H,4-6,9-11,14H2,1-3H3,(H,23,25)(H,24,27)/b15-13-. The van der Waals surface area contributed by atoms with Gasteiger partial charge in [0.2, 0.25) is 0 Å². The highest BCUT2D eigenvalue weighted by atomic mass is 19.1. The molecule has 30 heavy (non-hydrogen) atoms. The van der Waals surface area contributed by atoms with Crippen molar-refractivity contribution in [2.24, 2.45) is 0 Å². The highest BCUT2D eigenvalue weighted by Gasteiger charge is 2.16. The number of ether oxygens (including phenoxy) is 2. The zero-order valence-electron chi connectivity index (χ0n) is 17.7. The number of hydrogen-bond donors (Lipinski definition) is 3. The van der Waals surface area contributed by atoms with Crippen molar-refractivity contribution in [2.75, 3.05) is 31.6 Å². The Labute approximate surface area is 175 Å². The Balaban J connectivity index is 1.74. The maximum atomic E-state index is 13.1. The summed E-state index contributed by atoms with van der Waals surface area (Å²) in [6, 6.07) is 5.72. The number of oxazole rings is 1. The minimum absolute atomic E-state index is 0.0848. The van der Waals surface area contributed by atoms with E-state index in [0.717, 1.165) is 0 Å². The smallest absolute Gasteiger partial charge is 0.407 e. The molecular formula is C21H30FN3O5. The van der Waals surface area contributed by atoms with Gasteiger partial charge in [-0.05, 0) is 57.7 Å². The SMILES string of the molecule is CC(C)(C)OC(=O)NC/C(=C\F)CCCOc1ccc2nc(NCCCO)oc2c1. The van der Waals surface area contributed by atoms with Crippen molar-refractivity contribution in [3.05, 3.63) is 30.1 Å². The minimum Gasteiger partial charge on any atom is -0.493 e. The fourth-order valence-corrected chi connectivity index (χ4v) is 2.52. The summed E-state index contributed by atoms with van der Waals surface area (Å²) in [5, 5.41) is 14.4. The predicted molar refractivity (Wildman–Crippen MR) is 112 cm³/mol. The predicted octanol–water partition coefficient (Wildman–Crippen LogP) is 4.16. The Morgan fingerprint density at radius 3 is 2.83 bits per heavy atom. The lowest BCUT2D eigenvalue weighted by molar-refractivity contribution is 0.0532. The average molecular weight is 423 g/mol. The number of anilines is 1. The molecule has 0 aliphatic rings. The van der Waals surface area contributed by atoms with E-state index in [0.29, 0.717) is 67.2 Å². The average Bonchev–Trinajstić information content (AvgIpc) is 3.08. The Bertz CT molecular complexity index is 845. The molecule has 0 radical (unpaired) electrons. The second kappa shape index (κ2) is 11.4. The second-order valence-corrected chi connectivity index (χ2v) is 7.73. The molecule has 0 aliphatic heterocycles. The molecule has 0 fully saturated rings.